The van der Waals surface area contributed by atoms with Crippen LogP contribution >= 0.6 is 38.2 Å². The van der Waals surface area contributed by atoms with Crippen LogP contribution in [0.3, 0.4) is 0 Å². The van der Waals surface area contributed by atoms with Gasteiger partial charge in [0.25, 0.3) is 9.05 Å². The monoisotopic (exact) mass is 348 g/mol. The highest BCUT2D eigenvalue weighted by Gasteiger charge is 2.20. The van der Waals surface area contributed by atoms with Crippen molar-refractivity contribution in [3.05, 3.63) is 21.6 Å². The van der Waals surface area contributed by atoms with Gasteiger partial charge in [-0.15, -0.1) is 0 Å². The van der Waals surface area contributed by atoms with Gasteiger partial charge in [0.15, 0.2) is 12.5 Å². The second kappa shape index (κ2) is 5.55. The summed E-state index contributed by atoms with van der Waals surface area (Å²) in [6.45, 7) is -0.0976. The van der Waals surface area contributed by atoms with E-state index in [1.165, 1.54) is 19.2 Å². The van der Waals surface area contributed by atoms with Crippen LogP contribution < -0.4 is 4.74 Å². The molecule has 0 unspecified atom stereocenters. The molecule has 1 aromatic rings. The Morgan fingerprint density at radius 1 is 1.44 bits per heavy atom. The van der Waals surface area contributed by atoms with Crippen LogP contribution in [-0.2, 0) is 13.8 Å². The molecule has 0 radical (unpaired) electrons. The minimum absolute atomic E-state index is 0.0706. The number of ether oxygens (including phenoxy) is 2. The molecular formula is C8H7BrCl2O4S. The van der Waals surface area contributed by atoms with Crippen molar-refractivity contribution >= 4 is 47.3 Å². The van der Waals surface area contributed by atoms with Crippen LogP contribution in [0.2, 0.25) is 5.02 Å². The van der Waals surface area contributed by atoms with Crippen LogP contribution in [-0.4, -0.2) is 22.3 Å². The molecule has 0 spiro atoms. The van der Waals surface area contributed by atoms with E-state index >= 15 is 0 Å². The van der Waals surface area contributed by atoms with Gasteiger partial charge in [0.05, 0.1) is 4.47 Å². The largest absolute Gasteiger partial charge is 0.465 e. The second-order valence-electron chi connectivity index (χ2n) is 2.70. The fraction of sp³-hybridized carbons (Fsp3) is 0.250. The molecule has 0 atom stereocenters. The van der Waals surface area contributed by atoms with Crippen LogP contribution in [0.4, 0.5) is 0 Å². The van der Waals surface area contributed by atoms with Gasteiger partial charge in [-0.25, -0.2) is 8.42 Å². The number of methoxy groups -OCH3 is 1. The van der Waals surface area contributed by atoms with Crippen molar-refractivity contribution in [3.8, 4) is 5.75 Å². The molecule has 0 bridgehead atoms. The van der Waals surface area contributed by atoms with Gasteiger partial charge in [0.2, 0.25) is 0 Å². The van der Waals surface area contributed by atoms with Crippen molar-refractivity contribution in [3.63, 3.8) is 0 Å². The summed E-state index contributed by atoms with van der Waals surface area (Å²) in [4.78, 5) is -0.203. The summed E-state index contributed by atoms with van der Waals surface area (Å²) in [6.07, 6.45) is 0. The van der Waals surface area contributed by atoms with Crippen molar-refractivity contribution in [1.82, 2.24) is 0 Å². The molecule has 8 heteroatoms. The van der Waals surface area contributed by atoms with E-state index in [0.29, 0.717) is 4.47 Å². The van der Waals surface area contributed by atoms with E-state index < -0.39 is 9.05 Å². The number of benzene rings is 1. The van der Waals surface area contributed by atoms with Crippen LogP contribution in [0.5, 0.6) is 5.75 Å². The highest BCUT2D eigenvalue weighted by molar-refractivity contribution is 9.10. The van der Waals surface area contributed by atoms with Gasteiger partial charge in [-0.05, 0) is 28.1 Å². The Morgan fingerprint density at radius 2 is 2.06 bits per heavy atom. The van der Waals surface area contributed by atoms with Gasteiger partial charge in [-0.1, -0.05) is 11.6 Å². The molecule has 0 saturated carbocycles. The summed E-state index contributed by atoms with van der Waals surface area (Å²) in [5.74, 6) is 0.0706. The standard InChI is InChI=1S/C8H7BrCl2O4S/c1-14-4-15-8-6(9)2-5(10)3-7(8)16(11,12)13/h2-3H,4H2,1H3. The summed E-state index contributed by atoms with van der Waals surface area (Å²) >= 11 is 8.85. The van der Waals surface area contributed by atoms with E-state index in [2.05, 4.69) is 20.7 Å². The molecule has 0 amide bonds. The maximum atomic E-state index is 11.3. The number of halogens is 3. The van der Waals surface area contributed by atoms with Crippen LogP contribution in [0.15, 0.2) is 21.5 Å². The molecule has 4 nitrogen and oxygen atoms in total. The third kappa shape index (κ3) is 3.49. The molecule has 0 fully saturated rings. The Bertz CT molecular complexity index is 489. The van der Waals surface area contributed by atoms with Crippen molar-refractivity contribution in [2.75, 3.05) is 13.9 Å². The molecule has 90 valence electrons. The Labute approximate surface area is 111 Å². The van der Waals surface area contributed by atoms with E-state index in [1.54, 1.807) is 0 Å². The molecule has 0 aliphatic rings. The predicted molar refractivity (Wildman–Crippen MR) is 64.7 cm³/mol. The quantitative estimate of drug-likeness (QED) is 0.619. The first-order valence-electron chi connectivity index (χ1n) is 3.91. The average molecular weight is 350 g/mol. The minimum atomic E-state index is -3.93. The fourth-order valence-electron chi connectivity index (χ4n) is 0.976. The second-order valence-corrected chi connectivity index (χ2v) is 6.53. The maximum absolute atomic E-state index is 11.3. The molecule has 0 heterocycles. The van der Waals surface area contributed by atoms with Gasteiger partial charge in [-0.2, -0.15) is 0 Å². The van der Waals surface area contributed by atoms with E-state index in [9.17, 15) is 8.42 Å². The molecule has 16 heavy (non-hydrogen) atoms. The van der Waals surface area contributed by atoms with Crippen LogP contribution in [0.1, 0.15) is 0 Å². The minimum Gasteiger partial charge on any atom is -0.465 e. The van der Waals surface area contributed by atoms with Crippen LogP contribution in [0, 0.1) is 0 Å². The molecule has 0 saturated heterocycles. The molecule has 0 aromatic heterocycles. The lowest BCUT2D eigenvalue weighted by atomic mass is 10.3. The average Bonchev–Trinajstić information content (AvgIpc) is 2.14. The van der Waals surface area contributed by atoms with Gasteiger partial charge >= 0.3 is 0 Å². The van der Waals surface area contributed by atoms with Crippen molar-refractivity contribution in [2.45, 2.75) is 4.90 Å². The van der Waals surface area contributed by atoms with E-state index in [4.69, 9.17) is 27.0 Å². The molecule has 1 aromatic carbocycles. The zero-order valence-electron chi connectivity index (χ0n) is 8.04. The maximum Gasteiger partial charge on any atom is 0.265 e. The first kappa shape index (κ1) is 14.1. The Kier molecular flexibility index (Phi) is 4.88. The highest BCUT2D eigenvalue weighted by atomic mass is 79.9. The van der Waals surface area contributed by atoms with E-state index in [-0.39, 0.29) is 22.5 Å². The third-order valence-electron chi connectivity index (χ3n) is 1.56. The molecule has 0 N–H and O–H groups in total. The molecule has 0 aliphatic carbocycles. The summed E-state index contributed by atoms with van der Waals surface area (Å²) in [7, 11) is 2.74. The van der Waals surface area contributed by atoms with E-state index in [0.717, 1.165) is 0 Å². The van der Waals surface area contributed by atoms with Crippen LogP contribution in [0.25, 0.3) is 0 Å². The zero-order valence-corrected chi connectivity index (χ0v) is 12.0. The first-order chi connectivity index (χ1) is 7.36. The zero-order chi connectivity index (χ0) is 12.3. The van der Waals surface area contributed by atoms with Gasteiger partial charge in [0, 0.05) is 22.8 Å². The Hall–Kier alpha value is -0.0100. The van der Waals surface area contributed by atoms with Gasteiger partial charge in [0.1, 0.15) is 4.90 Å². The van der Waals surface area contributed by atoms with Crippen molar-refractivity contribution < 1.29 is 17.9 Å². The highest BCUT2D eigenvalue weighted by Crippen LogP contribution is 2.37. The summed E-state index contributed by atoms with van der Waals surface area (Å²) < 4.78 is 32.8. The van der Waals surface area contributed by atoms with Gasteiger partial charge < -0.3 is 9.47 Å². The van der Waals surface area contributed by atoms with Crippen molar-refractivity contribution in [1.29, 1.82) is 0 Å². The third-order valence-corrected chi connectivity index (χ3v) is 3.69. The van der Waals surface area contributed by atoms with E-state index in [1.807, 2.05) is 0 Å². The molecule has 1 rings (SSSR count). The number of rotatable bonds is 4. The fourth-order valence-corrected chi connectivity index (χ4v) is 3.10. The topological polar surface area (TPSA) is 52.6 Å². The lowest BCUT2D eigenvalue weighted by Crippen LogP contribution is -2.04. The lowest BCUT2D eigenvalue weighted by molar-refractivity contribution is 0.0485. The predicted octanol–water partition coefficient (Wildman–Crippen LogP) is 3.01. The Balaban J connectivity index is 3.33. The lowest BCUT2D eigenvalue weighted by Gasteiger charge is -2.11. The summed E-state index contributed by atoms with van der Waals surface area (Å²) in [5, 5.41) is 0.232. The summed E-state index contributed by atoms with van der Waals surface area (Å²) in [6, 6.07) is 2.71. The normalized spacial score (nSPS) is 11.5. The smallest absolute Gasteiger partial charge is 0.265 e. The van der Waals surface area contributed by atoms with Gasteiger partial charge in [-0.3, -0.25) is 0 Å². The molecular weight excluding hydrogens is 343 g/mol. The SMILES string of the molecule is COCOc1c(Br)cc(Cl)cc1S(=O)(=O)Cl. The van der Waals surface area contributed by atoms with Crippen molar-refractivity contribution in [2.24, 2.45) is 0 Å². The number of hydrogen-bond acceptors (Lipinski definition) is 4. The summed E-state index contributed by atoms with van der Waals surface area (Å²) in [5.41, 5.74) is 0. The molecule has 0 aliphatic heterocycles. The Morgan fingerprint density at radius 3 is 2.56 bits per heavy atom. The first-order valence-corrected chi connectivity index (χ1v) is 7.39. The number of hydrogen-bond donors (Lipinski definition) is 0.